The molecule has 0 unspecified atom stereocenters. The van der Waals surface area contributed by atoms with Gasteiger partial charge in [0.05, 0.1) is 28.8 Å². The summed E-state index contributed by atoms with van der Waals surface area (Å²) in [7, 11) is 0. The number of ketones is 1. The zero-order chi connectivity index (χ0) is 39.3. The Bertz CT molecular complexity index is 2120. The van der Waals surface area contributed by atoms with Gasteiger partial charge in [0.2, 0.25) is 0 Å². The second kappa shape index (κ2) is 19.1. The Kier molecular flexibility index (Phi) is 13.3. The first-order chi connectivity index (χ1) is 27.3. The second-order valence-corrected chi connectivity index (χ2v) is 12.8. The molecular formula is C43H36N2O10S. The van der Waals surface area contributed by atoms with E-state index in [1.165, 1.54) is 36.4 Å². The summed E-state index contributed by atoms with van der Waals surface area (Å²) in [6.45, 7) is -0.754. The molecule has 13 heteroatoms. The molecule has 1 aliphatic rings. The molecule has 0 aromatic heterocycles. The van der Waals surface area contributed by atoms with E-state index in [4.69, 9.17) is 35.9 Å². The molecule has 1 fully saturated rings. The van der Waals surface area contributed by atoms with E-state index in [2.05, 4.69) is 10.6 Å². The first-order valence-corrected chi connectivity index (χ1v) is 18.0. The van der Waals surface area contributed by atoms with E-state index >= 15 is 0 Å². The van der Waals surface area contributed by atoms with Gasteiger partial charge in [0, 0.05) is 5.56 Å². The fourth-order valence-corrected chi connectivity index (χ4v) is 5.94. The molecule has 1 heterocycles. The van der Waals surface area contributed by atoms with Crippen molar-refractivity contribution in [1.29, 1.82) is 0 Å². The molecule has 284 valence electrons. The predicted molar refractivity (Wildman–Crippen MR) is 207 cm³/mol. The molecule has 0 saturated carbocycles. The minimum absolute atomic E-state index is 0.0674. The molecule has 0 bridgehead atoms. The van der Waals surface area contributed by atoms with Crippen LogP contribution in [-0.2, 0) is 23.7 Å². The SMILES string of the molecule is O=C(CNC(=S)N[C@@H]1O[C@@H]([C@@H](COC(=O)c2ccccc2)OC(=O)c2ccccc2)[C@H](OC(=O)c2ccccc2)[C@H]1OC(=O)c1ccccc1)c1ccccc1. The van der Waals surface area contributed by atoms with Crippen molar-refractivity contribution in [3.8, 4) is 0 Å². The van der Waals surface area contributed by atoms with E-state index in [9.17, 15) is 24.0 Å². The zero-order valence-corrected chi connectivity index (χ0v) is 30.5. The molecule has 6 rings (SSSR count). The van der Waals surface area contributed by atoms with Gasteiger partial charge in [0.15, 0.2) is 35.4 Å². The Morgan fingerprint density at radius 3 is 1.45 bits per heavy atom. The maximum Gasteiger partial charge on any atom is 0.338 e. The lowest BCUT2D eigenvalue weighted by Crippen LogP contribution is -2.51. The van der Waals surface area contributed by atoms with Gasteiger partial charge < -0.3 is 34.3 Å². The summed E-state index contributed by atoms with van der Waals surface area (Å²) in [6.07, 6.45) is -7.12. The van der Waals surface area contributed by atoms with Gasteiger partial charge in [-0.15, -0.1) is 0 Å². The van der Waals surface area contributed by atoms with Gasteiger partial charge >= 0.3 is 23.9 Å². The van der Waals surface area contributed by atoms with Crippen LogP contribution in [-0.4, -0.2) is 78.6 Å². The molecule has 56 heavy (non-hydrogen) atoms. The van der Waals surface area contributed by atoms with E-state index in [-0.39, 0.29) is 39.7 Å². The van der Waals surface area contributed by atoms with Gasteiger partial charge in [-0.2, -0.15) is 0 Å². The highest BCUT2D eigenvalue weighted by Crippen LogP contribution is 2.31. The maximum absolute atomic E-state index is 13.7. The quantitative estimate of drug-likeness (QED) is 0.0624. The first-order valence-electron chi connectivity index (χ1n) is 17.5. The smallest absolute Gasteiger partial charge is 0.338 e. The van der Waals surface area contributed by atoms with Crippen LogP contribution < -0.4 is 10.6 Å². The van der Waals surface area contributed by atoms with Crippen LogP contribution in [0.3, 0.4) is 0 Å². The largest absolute Gasteiger partial charge is 0.458 e. The molecule has 1 aliphatic heterocycles. The lowest BCUT2D eigenvalue weighted by Gasteiger charge is -2.28. The number of nitrogens with one attached hydrogen (secondary N) is 2. The van der Waals surface area contributed by atoms with Crippen molar-refractivity contribution >= 4 is 47.0 Å². The molecule has 12 nitrogen and oxygen atoms in total. The number of thiocarbonyl (C=S) groups is 1. The number of carbonyl (C=O) groups excluding carboxylic acids is 5. The van der Waals surface area contributed by atoms with Gasteiger partial charge in [-0.25, -0.2) is 19.2 Å². The van der Waals surface area contributed by atoms with Crippen molar-refractivity contribution in [1.82, 2.24) is 10.6 Å². The summed E-state index contributed by atoms with van der Waals surface area (Å²) in [5.41, 5.74) is 1.21. The number of benzene rings is 5. The number of hydrogen-bond donors (Lipinski definition) is 2. The topological polar surface area (TPSA) is 156 Å². The van der Waals surface area contributed by atoms with Gasteiger partial charge in [-0.1, -0.05) is 103 Å². The predicted octanol–water partition coefficient (Wildman–Crippen LogP) is 5.59. The normalized spacial score (nSPS) is 17.7. The van der Waals surface area contributed by atoms with Crippen LogP contribution in [0.5, 0.6) is 0 Å². The van der Waals surface area contributed by atoms with Crippen molar-refractivity contribution < 1.29 is 47.7 Å². The van der Waals surface area contributed by atoms with Gasteiger partial charge in [0.25, 0.3) is 0 Å². The minimum Gasteiger partial charge on any atom is -0.458 e. The van der Waals surface area contributed by atoms with Crippen LogP contribution in [0.1, 0.15) is 51.8 Å². The van der Waals surface area contributed by atoms with Crippen LogP contribution in [0.4, 0.5) is 0 Å². The summed E-state index contributed by atoms with van der Waals surface area (Å²) >= 11 is 5.54. The Hall–Kier alpha value is -6.70. The number of hydrogen-bond acceptors (Lipinski definition) is 11. The average molecular weight is 773 g/mol. The van der Waals surface area contributed by atoms with E-state index in [1.807, 2.05) is 0 Å². The summed E-state index contributed by atoms with van der Waals surface area (Å²) in [5, 5.41) is 5.70. The Labute approximate surface area is 327 Å². The molecule has 0 radical (unpaired) electrons. The summed E-state index contributed by atoms with van der Waals surface area (Å²) in [5.74, 6) is -3.38. The third-order valence-corrected chi connectivity index (χ3v) is 8.82. The third kappa shape index (κ3) is 10.3. The fourth-order valence-electron chi connectivity index (χ4n) is 5.75. The van der Waals surface area contributed by atoms with Gasteiger partial charge in [0.1, 0.15) is 12.7 Å². The van der Waals surface area contributed by atoms with Gasteiger partial charge in [-0.05, 0) is 60.7 Å². The molecule has 5 atom stereocenters. The average Bonchev–Trinajstić information content (AvgIpc) is 3.57. The molecular weight excluding hydrogens is 737 g/mol. The van der Waals surface area contributed by atoms with Crippen molar-refractivity contribution in [2.45, 2.75) is 30.6 Å². The third-order valence-electron chi connectivity index (χ3n) is 8.56. The maximum atomic E-state index is 13.7. The van der Waals surface area contributed by atoms with E-state index in [0.29, 0.717) is 5.56 Å². The molecule has 5 aromatic rings. The lowest BCUT2D eigenvalue weighted by atomic mass is 10.0. The number of esters is 4. The van der Waals surface area contributed by atoms with Crippen molar-refractivity contribution in [3.63, 3.8) is 0 Å². The first kappa shape index (κ1) is 39.0. The van der Waals surface area contributed by atoms with Crippen LogP contribution >= 0.6 is 12.2 Å². The monoisotopic (exact) mass is 772 g/mol. The van der Waals surface area contributed by atoms with E-state index in [1.54, 1.807) is 115 Å². The van der Waals surface area contributed by atoms with Crippen LogP contribution in [0, 0.1) is 0 Å². The number of carbonyl (C=O) groups is 5. The number of rotatable bonds is 14. The number of Topliss-reactive ketones (excluding diaryl/α,β-unsaturated/α-hetero) is 1. The standard InChI is InChI=1S/C43H36N2O10S/c46-33(28-16-6-1-7-17-28)26-44-43(56)45-38-37(55-42(50)32-24-14-5-15-25-32)36(54-41(49)31-22-12-4-13-23-31)35(53-38)34(52-40(48)30-20-10-3-11-21-30)27-51-39(47)29-18-8-2-9-19-29/h1-25,34-38H,26-27H2,(H2,44,45,56)/t34-,35+,36+,37-,38-/m1/s1. The molecule has 2 N–H and O–H groups in total. The van der Waals surface area contributed by atoms with Crippen molar-refractivity contribution in [3.05, 3.63) is 179 Å². The molecule has 0 spiro atoms. The Morgan fingerprint density at radius 2 is 0.964 bits per heavy atom. The van der Waals surface area contributed by atoms with Crippen LogP contribution in [0.25, 0.3) is 0 Å². The Balaban J connectivity index is 1.34. The summed E-state index contributed by atoms with van der Waals surface area (Å²) in [6, 6.07) is 41.0. The van der Waals surface area contributed by atoms with Crippen molar-refractivity contribution in [2.24, 2.45) is 0 Å². The Morgan fingerprint density at radius 1 is 0.554 bits per heavy atom. The highest BCUT2D eigenvalue weighted by Gasteiger charge is 2.54. The highest BCUT2D eigenvalue weighted by atomic mass is 32.1. The van der Waals surface area contributed by atoms with Gasteiger partial charge in [-0.3, -0.25) is 4.79 Å². The fraction of sp³-hybridized carbons (Fsp3) is 0.163. The summed E-state index contributed by atoms with van der Waals surface area (Å²) in [4.78, 5) is 66.9. The van der Waals surface area contributed by atoms with Crippen LogP contribution in [0.2, 0.25) is 0 Å². The van der Waals surface area contributed by atoms with E-state index in [0.717, 1.165) is 0 Å². The van der Waals surface area contributed by atoms with Crippen molar-refractivity contribution in [2.75, 3.05) is 13.2 Å². The molecule has 1 saturated heterocycles. The summed E-state index contributed by atoms with van der Waals surface area (Å²) < 4.78 is 30.1. The number of ether oxygens (including phenoxy) is 5. The lowest BCUT2D eigenvalue weighted by molar-refractivity contribution is -0.0973. The second-order valence-electron chi connectivity index (χ2n) is 12.4. The van der Waals surface area contributed by atoms with E-state index < -0.39 is 61.1 Å². The zero-order valence-electron chi connectivity index (χ0n) is 29.7. The van der Waals surface area contributed by atoms with Crippen LogP contribution in [0.15, 0.2) is 152 Å². The molecule has 0 amide bonds. The molecule has 0 aliphatic carbocycles. The minimum atomic E-state index is -1.48. The molecule has 5 aromatic carbocycles. The highest BCUT2D eigenvalue weighted by molar-refractivity contribution is 7.80.